The van der Waals surface area contributed by atoms with Gasteiger partial charge in [-0.2, -0.15) is 4.31 Å². The zero-order valence-electron chi connectivity index (χ0n) is 19.5. The zero-order chi connectivity index (χ0) is 24.2. The maximum absolute atomic E-state index is 13.5. The Hall–Kier alpha value is -2.68. The van der Waals surface area contributed by atoms with Gasteiger partial charge in [-0.05, 0) is 30.2 Å². The summed E-state index contributed by atoms with van der Waals surface area (Å²) < 4.78 is 34.6. The second-order valence-corrected chi connectivity index (χ2v) is 10.4. The van der Waals surface area contributed by atoms with Crippen LogP contribution in [0.5, 0.6) is 5.75 Å². The van der Waals surface area contributed by atoms with E-state index in [2.05, 4.69) is 0 Å². The van der Waals surface area contributed by atoms with Crippen molar-refractivity contribution in [3.63, 3.8) is 0 Å². The molecule has 1 aliphatic heterocycles. The van der Waals surface area contributed by atoms with Crippen LogP contribution < -0.4 is 4.74 Å². The molecule has 33 heavy (non-hydrogen) atoms. The molecular weight excluding hydrogens is 440 g/mol. The minimum Gasteiger partial charge on any atom is -0.487 e. The number of likely N-dealkylation sites (N-methyl/N-ethyl adjacent to an activating group) is 1. The highest BCUT2D eigenvalue weighted by molar-refractivity contribution is 7.89. The number of carbonyl (C=O) groups is 1. The van der Waals surface area contributed by atoms with Gasteiger partial charge in [0, 0.05) is 32.5 Å². The van der Waals surface area contributed by atoms with Crippen molar-refractivity contribution in [3.8, 4) is 5.75 Å². The lowest BCUT2D eigenvalue weighted by Gasteiger charge is -2.37. The molecule has 1 heterocycles. The van der Waals surface area contributed by atoms with Crippen LogP contribution >= 0.6 is 0 Å². The molecule has 178 valence electrons. The van der Waals surface area contributed by atoms with Crippen LogP contribution in [-0.4, -0.2) is 67.5 Å². The van der Waals surface area contributed by atoms with Crippen molar-refractivity contribution in [1.82, 2.24) is 9.21 Å². The van der Waals surface area contributed by atoms with Crippen LogP contribution in [0.4, 0.5) is 0 Å². The molecule has 3 rings (SSSR count). The van der Waals surface area contributed by atoms with Gasteiger partial charge in [0.2, 0.25) is 15.9 Å². The Morgan fingerprint density at radius 3 is 2.52 bits per heavy atom. The quantitative estimate of drug-likeness (QED) is 0.653. The number of aliphatic hydroxyl groups excluding tert-OH is 1. The number of carbonyl (C=O) groups excluding carboxylic acids is 1. The number of ether oxygens (including phenoxy) is 1. The van der Waals surface area contributed by atoms with E-state index in [9.17, 15) is 18.3 Å². The van der Waals surface area contributed by atoms with Gasteiger partial charge in [-0.3, -0.25) is 4.79 Å². The average molecular weight is 473 g/mol. The highest BCUT2D eigenvalue weighted by atomic mass is 32.2. The Labute approximate surface area is 196 Å². The highest BCUT2D eigenvalue weighted by Gasteiger charge is 2.38. The van der Waals surface area contributed by atoms with Crippen molar-refractivity contribution in [2.75, 3.05) is 26.7 Å². The van der Waals surface area contributed by atoms with Gasteiger partial charge in [0.15, 0.2) is 0 Å². The fraction of sp³-hybridized carbons (Fsp3) is 0.400. The van der Waals surface area contributed by atoms with E-state index in [1.54, 1.807) is 37.1 Å². The molecule has 7 nitrogen and oxygen atoms in total. The van der Waals surface area contributed by atoms with Crippen molar-refractivity contribution in [1.29, 1.82) is 0 Å². The van der Waals surface area contributed by atoms with Crippen molar-refractivity contribution in [3.05, 3.63) is 59.7 Å². The lowest BCUT2D eigenvalue weighted by molar-refractivity contribution is -0.129. The number of amides is 1. The lowest BCUT2D eigenvalue weighted by Crippen LogP contribution is -2.50. The predicted molar refractivity (Wildman–Crippen MR) is 129 cm³/mol. The Bertz CT molecular complexity index is 1100. The molecule has 3 atom stereocenters. The number of hydrogen-bond donors (Lipinski definition) is 1. The number of benzene rings is 2. The predicted octanol–water partition coefficient (Wildman–Crippen LogP) is 3.10. The maximum atomic E-state index is 13.5. The maximum Gasteiger partial charge on any atom is 0.247 e. The highest BCUT2D eigenvalue weighted by Crippen LogP contribution is 2.34. The van der Waals surface area contributed by atoms with E-state index in [1.165, 1.54) is 11.2 Å². The van der Waals surface area contributed by atoms with Crippen LogP contribution in [0, 0.1) is 5.92 Å². The first kappa shape index (κ1) is 25.0. The van der Waals surface area contributed by atoms with Gasteiger partial charge in [-0.1, -0.05) is 55.5 Å². The van der Waals surface area contributed by atoms with E-state index < -0.39 is 22.2 Å². The summed E-state index contributed by atoms with van der Waals surface area (Å²) in [6.07, 6.45) is 3.43. The second-order valence-electron chi connectivity index (χ2n) is 8.59. The first-order valence-electron chi connectivity index (χ1n) is 11.0. The molecule has 0 saturated carbocycles. The monoisotopic (exact) mass is 472 g/mol. The zero-order valence-corrected chi connectivity index (χ0v) is 20.3. The van der Waals surface area contributed by atoms with E-state index in [0.29, 0.717) is 6.54 Å². The second kappa shape index (κ2) is 10.5. The van der Waals surface area contributed by atoms with Gasteiger partial charge in [0.25, 0.3) is 0 Å². The number of aliphatic hydroxyl groups is 1. The van der Waals surface area contributed by atoms with E-state index in [0.717, 1.165) is 11.1 Å². The van der Waals surface area contributed by atoms with E-state index in [-0.39, 0.29) is 35.6 Å². The topological polar surface area (TPSA) is 87.2 Å². The summed E-state index contributed by atoms with van der Waals surface area (Å²) in [5.41, 5.74) is 1.82. The summed E-state index contributed by atoms with van der Waals surface area (Å²) in [6.45, 7) is 5.27. The molecule has 1 N–H and O–H groups in total. The molecule has 0 saturated heterocycles. The molecule has 2 aromatic carbocycles. The summed E-state index contributed by atoms with van der Waals surface area (Å²) in [5, 5.41) is 9.72. The molecule has 0 bridgehead atoms. The van der Waals surface area contributed by atoms with E-state index >= 15 is 0 Å². The standard InChI is InChI=1S/C25H32N2O5S/c1-18-15-27(19(2)17-28)33(30,31)25-13-12-22(11-10-21-8-6-5-7-9-21)14-23(25)32-24(18)16-26(4)20(3)29/h5-14,18-19,24,28H,15-17H2,1-4H3/b11-10+/t18-,19-,24+/m0/s1. The Morgan fingerprint density at radius 1 is 1.21 bits per heavy atom. The molecule has 0 spiro atoms. The average Bonchev–Trinajstić information content (AvgIpc) is 2.79. The van der Waals surface area contributed by atoms with Gasteiger partial charge in [0.1, 0.15) is 16.7 Å². The van der Waals surface area contributed by atoms with Gasteiger partial charge >= 0.3 is 0 Å². The first-order chi connectivity index (χ1) is 15.6. The minimum atomic E-state index is -3.90. The van der Waals surface area contributed by atoms with Crippen LogP contribution in [0.3, 0.4) is 0 Å². The fourth-order valence-corrected chi connectivity index (χ4v) is 5.54. The molecule has 2 aromatic rings. The largest absolute Gasteiger partial charge is 0.487 e. The molecule has 0 aromatic heterocycles. The summed E-state index contributed by atoms with van der Waals surface area (Å²) in [5.74, 6) is -0.0677. The number of sulfonamides is 1. The fourth-order valence-electron chi connectivity index (χ4n) is 3.72. The molecule has 0 aliphatic carbocycles. The first-order valence-corrected chi connectivity index (χ1v) is 12.5. The number of fused-ring (bicyclic) bond motifs is 1. The lowest BCUT2D eigenvalue weighted by atomic mass is 10.0. The third kappa shape index (κ3) is 5.82. The SMILES string of the molecule is CC(=O)N(C)C[C@H]1Oc2cc(/C=C/c3ccccc3)ccc2S(=O)(=O)N([C@@H](C)CO)C[C@@H]1C. The molecular formula is C25H32N2O5S. The third-order valence-electron chi connectivity index (χ3n) is 5.95. The van der Waals surface area contributed by atoms with Crippen molar-refractivity contribution in [2.45, 2.75) is 37.8 Å². The normalized spacial score (nSPS) is 21.5. The number of rotatable bonds is 6. The molecule has 0 fully saturated rings. The van der Waals surface area contributed by atoms with E-state index in [4.69, 9.17) is 4.74 Å². The Kier molecular flexibility index (Phi) is 7.94. The summed E-state index contributed by atoms with van der Waals surface area (Å²) in [6, 6.07) is 14.2. The summed E-state index contributed by atoms with van der Waals surface area (Å²) in [7, 11) is -2.20. The van der Waals surface area contributed by atoms with Crippen molar-refractivity contribution >= 4 is 28.1 Å². The van der Waals surface area contributed by atoms with Crippen LogP contribution in [0.15, 0.2) is 53.4 Å². The summed E-state index contributed by atoms with van der Waals surface area (Å²) in [4.78, 5) is 13.5. The van der Waals surface area contributed by atoms with Crippen LogP contribution in [-0.2, 0) is 14.8 Å². The van der Waals surface area contributed by atoms with Crippen LogP contribution in [0.25, 0.3) is 12.2 Å². The van der Waals surface area contributed by atoms with Gasteiger partial charge in [-0.15, -0.1) is 0 Å². The molecule has 0 unspecified atom stereocenters. The van der Waals surface area contributed by atoms with Gasteiger partial charge in [-0.25, -0.2) is 8.42 Å². The molecule has 8 heteroatoms. The molecule has 1 amide bonds. The van der Waals surface area contributed by atoms with Gasteiger partial charge in [0.05, 0.1) is 13.2 Å². The Balaban J connectivity index is 2.06. The van der Waals surface area contributed by atoms with Crippen LogP contribution in [0.1, 0.15) is 31.9 Å². The molecule has 1 aliphatic rings. The molecule has 0 radical (unpaired) electrons. The van der Waals surface area contributed by atoms with Gasteiger partial charge < -0.3 is 14.7 Å². The Morgan fingerprint density at radius 2 is 1.88 bits per heavy atom. The summed E-state index contributed by atoms with van der Waals surface area (Å²) >= 11 is 0. The van der Waals surface area contributed by atoms with E-state index in [1.807, 2.05) is 49.4 Å². The minimum absolute atomic E-state index is 0.0574. The smallest absolute Gasteiger partial charge is 0.247 e. The number of hydrogen-bond acceptors (Lipinski definition) is 5. The van der Waals surface area contributed by atoms with Crippen LogP contribution in [0.2, 0.25) is 0 Å². The third-order valence-corrected chi connectivity index (χ3v) is 7.97. The van der Waals surface area contributed by atoms with Crippen molar-refractivity contribution in [2.24, 2.45) is 5.92 Å². The van der Waals surface area contributed by atoms with Crippen molar-refractivity contribution < 1.29 is 23.1 Å². The number of nitrogens with zero attached hydrogens (tertiary/aromatic N) is 2.